The van der Waals surface area contributed by atoms with Crippen molar-refractivity contribution in [2.75, 3.05) is 44.2 Å². The molecule has 3 heterocycles. The minimum absolute atomic E-state index is 0.0918. The van der Waals surface area contributed by atoms with E-state index in [1.807, 2.05) is 23.6 Å². The SMILES string of the molecule is C=CC(=O)N1C[C@H](C)N(c2nc(OCCCN3CC(C)(F)C3)nc3c(F)c(-c4c(O)cccc4F)c(Cl)cc23)C[C@H]1C. The van der Waals surface area contributed by atoms with E-state index in [0.29, 0.717) is 45.0 Å². The molecule has 2 atom stereocenters. The minimum atomic E-state index is -1.17. The van der Waals surface area contributed by atoms with Gasteiger partial charge in [-0.1, -0.05) is 24.2 Å². The Kier molecular flexibility index (Phi) is 8.26. The highest BCUT2D eigenvalue weighted by molar-refractivity contribution is 6.34. The van der Waals surface area contributed by atoms with E-state index in [1.54, 1.807) is 11.8 Å². The average Bonchev–Trinajstić information content (AvgIpc) is 2.92. The number of rotatable bonds is 8. The van der Waals surface area contributed by atoms with Crippen LogP contribution in [0.15, 0.2) is 36.9 Å². The molecule has 3 aromatic rings. The van der Waals surface area contributed by atoms with E-state index in [4.69, 9.17) is 16.3 Å². The van der Waals surface area contributed by atoms with E-state index in [0.717, 1.165) is 6.07 Å². The van der Waals surface area contributed by atoms with E-state index in [2.05, 4.69) is 16.5 Å². The lowest BCUT2D eigenvalue weighted by molar-refractivity contribution is -0.128. The number of hydrogen-bond acceptors (Lipinski definition) is 7. The van der Waals surface area contributed by atoms with Gasteiger partial charge >= 0.3 is 6.01 Å². The number of fused-ring (bicyclic) bond motifs is 1. The summed E-state index contributed by atoms with van der Waals surface area (Å²) in [5.41, 5.74) is -2.03. The molecule has 1 N–H and O–H groups in total. The summed E-state index contributed by atoms with van der Waals surface area (Å²) < 4.78 is 50.8. The number of piperazine rings is 1. The normalized spacial score (nSPS) is 20.5. The largest absolute Gasteiger partial charge is 0.507 e. The number of amides is 1. The molecule has 0 spiro atoms. The number of benzene rings is 2. The Balaban J connectivity index is 1.54. The fourth-order valence-corrected chi connectivity index (χ4v) is 6.06. The molecule has 0 bridgehead atoms. The number of nitrogens with zero attached hydrogens (tertiary/aromatic N) is 5. The molecule has 2 saturated heterocycles. The number of alkyl halides is 1. The smallest absolute Gasteiger partial charge is 0.319 e. The van der Waals surface area contributed by atoms with Gasteiger partial charge in [0.15, 0.2) is 5.82 Å². The first kappa shape index (κ1) is 29.9. The standard InChI is InChI=1S/C30H33ClF3N5O3/c1-5-23(41)38-13-18(3)39(14-17(38)2)28-19-12-20(31)24(25-21(32)8-6-9-22(25)40)26(33)27(19)35-29(36-28)42-11-7-10-37-15-30(4,34)16-37/h5-6,8-9,12,17-18,40H,1,7,10-11,13-16H2,2-4H3/t17-,18+/m1/s1. The molecule has 224 valence electrons. The van der Waals surface area contributed by atoms with E-state index in [1.165, 1.54) is 24.3 Å². The number of aromatic hydroxyl groups is 1. The number of halogens is 4. The van der Waals surface area contributed by atoms with Gasteiger partial charge in [-0.25, -0.2) is 13.2 Å². The maximum absolute atomic E-state index is 16.3. The van der Waals surface area contributed by atoms with Gasteiger partial charge in [-0.05, 0) is 51.5 Å². The predicted octanol–water partition coefficient (Wildman–Crippen LogP) is 5.36. The van der Waals surface area contributed by atoms with E-state index in [9.17, 15) is 18.7 Å². The summed E-state index contributed by atoms with van der Waals surface area (Å²) in [6.45, 7) is 11.2. The van der Waals surface area contributed by atoms with Crippen LogP contribution in [0.5, 0.6) is 11.8 Å². The molecule has 0 unspecified atom stereocenters. The van der Waals surface area contributed by atoms with Gasteiger partial charge in [-0.2, -0.15) is 9.97 Å². The van der Waals surface area contributed by atoms with Crippen molar-refractivity contribution in [1.29, 1.82) is 0 Å². The lowest BCUT2D eigenvalue weighted by Crippen LogP contribution is -2.58. The highest BCUT2D eigenvalue weighted by Gasteiger charge is 2.38. The molecule has 2 aliphatic rings. The van der Waals surface area contributed by atoms with Gasteiger partial charge in [0.05, 0.1) is 17.2 Å². The molecular weight excluding hydrogens is 571 g/mol. The van der Waals surface area contributed by atoms with Crippen molar-refractivity contribution in [3.63, 3.8) is 0 Å². The van der Waals surface area contributed by atoms with Crippen LogP contribution in [0.2, 0.25) is 5.02 Å². The maximum Gasteiger partial charge on any atom is 0.319 e. The topological polar surface area (TPSA) is 82.0 Å². The molecule has 2 aliphatic heterocycles. The Labute approximate surface area is 247 Å². The number of carbonyl (C=O) groups excluding carboxylic acids is 1. The number of carbonyl (C=O) groups is 1. The van der Waals surface area contributed by atoms with Crippen molar-refractivity contribution >= 4 is 34.2 Å². The molecular formula is C30H33ClF3N5O3. The van der Waals surface area contributed by atoms with Crippen molar-refractivity contribution in [1.82, 2.24) is 19.8 Å². The summed E-state index contributed by atoms with van der Waals surface area (Å²) in [6, 6.07) is 4.58. The van der Waals surface area contributed by atoms with Crippen molar-refractivity contribution < 1.29 is 27.8 Å². The average molecular weight is 604 g/mol. The Morgan fingerprint density at radius 1 is 1.21 bits per heavy atom. The fraction of sp³-hybridized carbons (Fsp3) is 0.433. The summed E-state index contributed by atoms with van der Waals surface area (Å²) in [5.74, 6) is -2.09. The van der Waals surface area contributed by atoms with Gasteiger partial charge in [0, 0.05) is 55.8 Å². The highest BCUT2D eigenvalue weighted by atomic mass is 35.5. The van der Waals surface area contributed by atoms with Crippen LogP contribution in [-0.2, 0) is 4.79 Å². The molecule has 2 fully saturated rings. The predicted molar refractivity (Wildman–Crippen MR) is 156 cm³/mol. The Bertz CT molecular complexity index is 1510. The van der Waals surface area contributed by atoms with E-state index in [-0.39, 0.29) is 57.7 Å². The number of anilines is 1. The number of phenols is 1. The van der Waals surface area contributed by atoms with Crippen LogP contribution in [0.4, 0.5) is 19.0 Å². The van der Waals surface area contributed by atoms with Gasteiger partial charge < -0.3 is 19.6 Å². The van der Waals surface area contributed by atoms with Crippen LogP contribution in [-0.4, -0.2) is 87.9 Å². The van der Waals surface area contributed by atoms with Crippen LogP contribution < -0.4 is 9.64 Å². The number of likely N-dealkylation sites (tertiary alicyclic amines) is 1. The van der Waals surface area contributed by atoms with Crippen molar-refractivity contribution in [2.24, 2.45) is 0 Å². The molecule has 8 nitrogen and oxygen atoms in total. The minimum Gasteiger partial charge on any atom is -0.507 e. The first-order chi connectivity index (χ1) is 19.9. The molecule has 1 amide bonds. The Morgan fingerprint density at radius 2 is 1.95 bits per heavy atom. The van der Waals surface area contributed by atoms with Crippen molar-refractivity contribution in [3.8, 4) is 22.9 Å². The third kappa shape index (κ3) is 5.72. The van der Waals surface area contributed by atoms with Gasteiger partial charge in [-0.15, -0.1) is 0 Å². The second-order valence-electron chi connectivity index (χ2n) is 11.3. The molecule has 12 heteroatoms. The van der Waals surface area contributed by atoms with Crippen LogP contribution in [0.3, 0.4) is 0 Å². The molecule has 5 rings (SSSR count). The second kappa shape index (κ2) is 11.6. The Hall–Kier alpha value is -3.57. The first-order valence-electron chi connectivity index (χ1n) is 13.8. The highest BCUT2D eigenvalue weighted by Crippen LogP contribution is 2.43. The first-order valence-corrected chi connectivity index (χ1v) is 14.2. The number of phenolic OH excluding ortho intramolecular Hbond substituents is 1. The summed E-state index contributed by atoms with van der Waals surface area (Å²) >= 11 is 6.54. The van der Waals surface area contributed by atoms with Gasteiger partial charge in [-0.3, -0.25) is 9.69 Å². The van der Waals surface area contributed by atoms with Crippen molar-refractivity contribution in [3.05, 3.63) is 53.6 Å². The van der Waals surface area contributed by atoms with Gasteiger partial charge in [0.1, 0.15) is 28.6 Å². The number of ether oxygens (including phenoxy) is 1. The van der Waals surface area contributed by atoms with Crippen LogP contribution in [0.25, 0.3) is 22.0 Å². The molecule has 0 radical (unpaired) electrons. The summed E-state index contributed by atoms with van der Waals surface area (Å²) in [4.78, 5) is 27.0. The Morgan fingerprint density at radius 3 is 2.62 bits per heavy atom. The third-order valence-corrected chi connectivity index (χ3v) is 8.05. The van der Waals surface area contributed by atoms with E-state index >= 15 is 4.39 Å². The van der Waals surface area contributed by atoms with Crippen molar-refractivity contribution in [2.45, 2.75) is 44.9 Å². The summed E-state index contributed by atoms with van der Waals surface area (Å²) in [6.07, 6.45) is 1.84. The third-order valence-electron chi connectivity index (χ3n) is 7.76. The van der Waals surface area contributed by atoms with Crippen LogP contribution in [0.1, 0.15) is 27.2 Å². The molecule has 2 aromatic carbocycles. The fourth-order valence-electron chi connectivity index (χ4n) is 5.77. The zero-order valence-corrected chi connectivity index (χ0v) is 24.5. The second-order valence-corrected chi connectivity index (χ2v) is 11.7. The van der Waals surface area contributed by atoms with Crippen LogP contribution >= 0.6 is 11.6 Å². The quantitative estimate of drug-likeness (QED) is 0.274. The monoisotopic (exact) mass is 603 g/mol. The zero-order chi connectivity index (χ0) is 30.3. The summed E-state index contributed by atoms with van der Waals surface area (Å²) in [7, 11) is 0. The lowest BCUT2D eigenvalue weighted by Gasteiger charge is -2.44. The number of aromatic nitrogens is 2. The van der Waals surface area contributed by atoms with Gasteiger partial charge in [0.25, 0.3) is 0 Å². The molecule has 0 aliphatic carbocycles. The van der Waals surface area contributed by atoms with E-state index < -0.39 is 23.1 Å². The van der Waals surface area contributed by atoms with Gasteiger partial charge in [0.2, 0.25) is 5.91 Å². The number of hydrogen-bond donors (Lipinski definition) is 1. The molecule has 0 saturated carbocycles. The summed E-state index contributed by atoms with van der Waals surface area (Å²) in [5, 5.41) is 10.5. The van der Waals surface area contributed by atoms with Crippen LogP contribution in [0, 0.1) is 11.6 Å². The molecule has 42 heavy (non-hydrogen) atoms. The zero-order valence-electron chi connectivity index (χ0n) is 23.7. The maximum atomic E-state index is 16.3. The lowest BCUT2D eigenvalue weighted by atomic mass is 9.99. The molecule has 1 aromatic heterocycles.